The first-order valence-corrected chi connectivity index (χ1v) is 11.6. The molecule has 2 aromatic heterocycles. The Bertz CT molecular complexity index is 1560. The third-order valence-electron chi connectivity index (χ3n) is 6.96. The van der Waals surface area contributed by atoms with Crippen LogP contribution in [0.15, 0.2) is 30.3 Å². The maximum absolute atomic E-state index is 15.5. The number of likely N-dealkylation sites (N-methyl/N-ethyl adjacent to an activating group) is 1. The second-order valence-electron chi connectivity index (χ2n) is 9.04. The van der Waals surface area contributed by atoms with E-state index >= 15 is 4.39 Å². The van der Waals surface area contributed by atoms with Crippen LogP contribution in [-0.4, -0.2) is 56.3 Å². The topological polar surface area (TPSA) is 72.3 Å². The van der Waals surface area contributed by atoms with Gasteiger partial charge in [0.2, 0.25) is 5.69 Å². The van der Waals surface area contributed by atoms with Gasteiger partial charge in [0.15, 0.2) is 0 Å². The molecule has 4 aromatic rings. The number of fused-ring (bicyclic) bond motifs is 1. The van der Waals surface area contributed by atoms with Gasteiger partial charge in [-0.3, -0.25) is 14.0 Å². The number of aromatic nitrogens is 4. The minimum atomic E-state index is -0.710. The normalized spacial score (nSPS) is 15.6. The SMILES string of the molecule is [C-]#[N+]c1ccc(-c2nc(C(=O)N3CC[C@H](NC)C3)c(C)n2-c2cc3c(C)n(C)nc3cc2F)cc1F. The number of nitrogens with zero attached hydrogens (tertiary/aromatic N) is 6. The van der Waals surface area contributed by atoms with Crippen molar-refractivity contribution in [3.63, 3.8) is 0 Å². The van der Waals surface area contributed by atoms with E-state index in [4.69, 9.17) is 6.57 Å². The van der Waals surface area contributed by atoms with Gasteiger partial charge in [0.05, 0.1) is 23.5 Å². The average molecular weight is 490 g/mol. The van der Waals surface area contributed by atoms with Gasteiger partial charge in [-0.2, -0.15) is 5.10 Å². The maximum atomic E-state index is 15.5. The van der Waals surface area contributed by atoms with Crippen molar-refractivity contribution < 1.29 is 13.6 Å². The molecule has 0 bridgehead atoms. The first kappa shape index (κ1) is 23.6. The van der Waals surface area contributed by atoms with Crippen molar-refractivity contribution in [1.82, 2.24) is 29.5 Å². The summed E-state index contributed by atoms with van der Waals surface area (Å²) in [6.07, 6.45) is 0.823. The molecule has 184 valence electrons. The molecule has 8 nitrogen and oxygen atoms in total. The van der Waals surface area contributed by atoms with E-state index in [-0.39, 0.29) is 34.8 Å². The lowest BCUT2D eigenvalue weighted by atomic mass is 10.1. The number of carbonyl (C=O) groups excluding carboxylic acids is 1. The van der Waals surface area contributed by atoms with E-state index < -0.39 is 11.6 Å². The van der Waals surface area contributed by atoms with E-state index in [0.717, 1.165) is 17.5 Å². The second kappa shape index (κ2) is 8.84. The van der Waals surface area contributed by atoms with Crippen molar-refractivity contribution in [1.29, 1.82) is 0 Å². The third kappa shape index (κ3) is 3.72. The molecule has 0 radical (unpaired) electrons. The lowest BCUT2D eigenvalue weighted by Crippen LogP contribution is -2.34. The van der Waals surface area contributed by atoms with Crippen molar-refractivity contribution >= 4 is 22.5 Å². The molecule has 1 N–H and O–H groups in total. The van der Waals surface area contributed by atoms with Crippen LogP contribution in [0, 0.1) is 32.1 Å². The number of halogens is 2. The molecule has 10 heteroatoms. The molecule has 1 aliphatic heterocycles. The molecule has 2 aromatic carbocycles. The van der Waals surface area contributed by atoms with Crippen LogP contribution in [0.4, 0.5) is 14.5 Å². The van der Waals surface area contributed by atoms with Crippen LogP contribution in [0.2, 0.25) is 0 Å². The zero-order valence-corrected chi connectivity index (χ0v) is 20.4. The number of benzene rings is 2. The minimum Gasteiger partial charge on any atom is -0.336 e. The van der Waals surface area contributed by atoms with Gasteiger partial charge in [0, 0.05) is 48.9 Å². The molecule has 0 unspecified atom stereocenters. The molecular formula is C26H25F2N7O. The standard InChI is InChI=1S/C26H25F2N7O/c1-14-18-11-23(20(28)12-22(18)32-33(14)5)35-15(2)24(26(36)34-9-8-17(13-34)29-3)31-25(35)16-6-7-21(30-4)19(27)10-16/h6-7,10-12,17,29H,8-9,13H2,1-3,5H3/t17-/m0/s1. The molecule has 1 fully saturated rings. The highest BCUT2D eigenvalue weighted by Gasteiger charge is 2.31. The molecule has 1 amide bonds. The van der Waals surface area contributed by atoms with Gasteiger partial charge < -0.3 is 10.2 Å². The summed E-state index contributed by atoms with van der Waals surface area (Å²) in [4.78, 5) is 23.0. The monoisotopic (exact) mass is 489 g/mol. The maximum Gasteiger partial charge on any atom is 0.274 e. The highest BCUT2D eigenvalue weighted by molar-refractivity contribution is 5.95. The first-order chi connectivity index (χ1) is 17.2. The summed E-state index contributed by atoms with van der Waals surface area (Å²) in [6, 6.07) is 7.33. The number of rotatable bonds is 4. The number of imidazole rings is 1. The predicted octanol–water partition coefficient (Wildman–Crippen LogP) is 4.31. The Morgan fingerprint density at radius 1 is 1.17 bits per heavy atom. The highest BCUT2D eigenvalue weighted by atomic mass is 19.1. The molecule has 36 heavy (non-hydrogen) atoms. The number of nitrogens with one attached hydrogen (secondary N) is 1. The van der Waals surface area contributed by atoms with E-state index in [1.165, 1.54) is 18.2 Å². The lowest BCUT2D eigenvalue weighted by Gasteiger charge is -2.16. The van der Waals surface area contributed by atoms with E-state index in [1.807, 2.05) is 14.0 Å². The van der Waals surface area contributed by atoms with Crippen LogP contribution >= 0.6 is 0 Å². The van der Waals surface area contributed by atoms with Crippen molar-refractivity contribution in [2.24, 2.45) is 7.05 Å². The predicted molar refractivity (Wildman–Crippen MR) is 132 cm³/mol. The largest absolute Gasteiger partial charge is 0.336 e. The van der Waals surface area contributed by atoms with Gasteiger partial charge in [-0.25, -0.2) is 18.6 Å². The van der Waals surface area contributed by atoms with E-state index in [1.54, 1.807) is 40.3 Å². The number of amides is 1. The second-order valence-corrected chi connectivity index (χ2v) is 9.04. The van der Waals surface area contributed by atoms with Gasteiger partial charge in [-0.05, 0) is 39.4 Å². The average Bonchev–Trinajstić information content (AvgIpc) is 3.55. The highest BCUT2D eigenvalue weighted by Crippen LogP contribution is 2.33. The van der Waals surface area contributed by atoms with E-state index in [2.05, 4.69) is 20.2 Å². The molecule has 1 aliphatic rings. The fourth-order valence-electron chi connectivity index (χ4n) is 4.77. The fraction of sp³-hybridized carbons (Fsp3) is 0.308. The van der Waals surface area contributed by atoms with Crippen LogP contribution < -0.4 is 5.32 Å². The molecule has 3 heterocycles. The molecular weight excluding hydrogens is 464 g/mol. The number of hydrogen-bond acceptors (Lipinski definition) is 4. The van der Waals surface area contributed by atoms with Crippen molar-refractivity contribution in [2.45, 2.75) is 26.3 Å². The quantitative estimate of drug-likeness (QED) is 0.434. The number of carbonyl (C=O) groups is 1. The Hall–Kier alpha value is -4.10. The van der Waals surface area contributed by atoms with Crippen LogP contribution in [0.1, 0.15) is 28.3 Å². The number of likely N-dealkylation sites (tertiary alicyclic amines) is 1. The summed E-state index contributed by atoms with van der Waals surface area (Å²) in [5.41, 5.74) is 2.37. The Morgan fingerprint density at radius 3 is 2.61 bits per heavy atom. The zero-order valence-electron chi connectivity index (χ0n) is 20.4. The molecule has 1 saturated heterocycles. The van der Waals surface area contributed by atoms with Crippen LogP contribution in [0.5, 0.6) is 0 Å². The van der Waals surface area contributed by atoms with Gasteiger partial charge in [-0.15, -0.1) is 0 Å². The zero-order chi connectivity index (χ0) is 25.7. The van der Waals surface area contributed by atoms with Crippen molar-refractivity contribution in [3.05, 3.63) is 70.5 Å². The summed E-state index contributed by atoms with van der Waals surface area (Å²) in [5, 5.41) is 8.30. The Labute approximate surface area is 207 Å². The number of hydrogen-bond donors (Lipinski definition) is 1. The summed E-state index contributed by atoms with van der Waals surface area (Å²) in [5.74, 6) is -1.30. The lowest BCUT2D eigenvalue weighted by molar-refractivity contribution is 0.0783. The Balaban J connectivity index is 1.73. The third-order valence-corrected chi connectivity index (χ3v) is 6.96. The summed E-state index contributed by atoms with van der Waals surface area (Å²) in [6.45, 7) is 11.9. The molecule has 1 atom stereocenters. The Morgan fingerprint density at radius 2 is 1.94 bits per heavy atom. The summed E-state index contributed by atoms with van der Waals surface area (Å²) < 4.78 is 33.3. The first-order valence-electron chi connectivity index (χ1n) is 11.6. The van der Waals surface area contributed by atoms with Gasteiger partial charge in [0.1, 0.15) is 23.2 Å². The number of aryl methyl sites for hydroxylation is 2. The molecule has 5 rings (SSSR count). The summed E-state index contributed by atoms with van der Waals surface area (Å²) >= 11 is 0. The van der Waals surface area contributed by atoms with E-state index in [0.29, 0.717) is 29.9 Å². The molecule has 0 saturated carbocycles. The fourth-order valence-corrected chi connectivity index (χ4v) is 4.77. The van der Waals surface area contributed by atoms with Crippen LogP contribution in [0.25, 0.3) is 32.8 Å². The van der Waals surface area contributed by atoms with Gasteiger partial charge in [0.25, 0.3) is 5.91 Å². The minimum absolute atomic E-state index is 0.126. The van der Waals surface area contributed by atoms with Crippen molar-refractivity contribution in [3.8, 4) is 17.1 Å². The van der Waals surface area contributed by atoms with Crippen LogP contribution in [0.3, 0.4) is 0 Å². The Kier molecular flexibility index (Phi) is 5.80. The molecule has 0 aliphatic carbocycles. The van der Waals surface area contributed by atoms with Gasteiger partial charge >= 0.3 is 0 Å². The van der Waals surface area contributed by atoms with Gasteiger partial charge in [-0.1, -0.05) is 12.1 Å². The smallest absolute Gasteiger partial charge is 0.274 e. The van der Waals surface area contributed by atoms with E-state index in [9.17, 15) is 9.18 Å². The summed E-state index contributed by atoms with van der Waals surface area (Å²) in [7, 11) is 3.64. The molecule has 0 spiro atoms. The van der Waals surface area contributed by atoms with Crippen LogP contribution in [-0.2, 0) is 7.05 Å². The van der Waals surface area contributed by atoms with Crippen molar-refractivity contribution in [2.75, 3.05) is 20.1 Å².